The second-order valence-corrected chi connectivity index (χ2v) is 6.11. The summed E-state index contributed by atoms with van der Waals surface area (Å²) in [5.74, 6) is 0.525. The van der Waals surface area contributed by atoms with E-state index in [0.717, 1.165) is 6.54 Å². The zero-order chi connectivity index (χ0) is 11.8. The van der Waals surface area contributed by atoms with Gasteiger partial charge >= 0.3 is 0 Å². The Hall–Kier alpha value is -0.930. The Morgan fingerprint density at radius 2 is 2.29 bits per heavy atom. The van der Waals surface area contributed by atoms with Gasteiger partial charge in [0.15, 0.2) is 0 Å². The molecule has 0 aliphatic carbocycles. The van der Waals surface area contributed by atoms with E-state index in [4.69, 9.17) is 4.98 Å². The zero-order valence-corrected chi connectivity index (χ0v) is 11.2. The van der Waals surface area contributed by atoms with Crippen molar-refractivity contribution >= 4 is 21.6 Å². The zero-order valence-electron chi connectivity index (χ0n) is 10.4. The number of hydrogen-bond donors (Lipinski definition) is 1. The highest BCUT2D eigenvalue weighted by molar-refractivity contribution is 7.18. The van der Waals surface area contributed by atoms with E-state index in [2.05, 4.69) is 37.4 Å². The lowest BCUT2D eigenvalue weighted by Gasteiger charge is -2.10. The fraction of sp³-hybridized carbons (Fsp3) is 0.500. The van der Waals surface area contributed by atoms with Gasteiger partial charge in [0.2, 0.25) is 0 Å². The molecule has 0 spiro atoms. The number of thiazole rings is 1. The number of rotatable bonds is 2. The molecule has 1 N–H and O–H groups in total. The van der Waals surface area contributed by atoms with Gasteiger partial charge in [-0.3, -0.25) is 0 Å². The van der Waals surface area contributed by atoms with Crippen LogP contribution in [0.3, 0.4) is 0 Å². The minimum Gasteiger partial charge on any atom is -0.310 e. The maximum atomic E-state index is 4.84. The third-order valence-corrected chi connectivity index (χ3v) is 4.72. The van der Waals surface area contributed by atoms with Gasteiger partial charge in [-0.1, -0.05) is 26.0 Å². The molecular formula is C14H18N2S. The van der Waals surface area contributed by atoms with E-state index < -0.39 is 0 Å². The average molecular weight is 246 g/mol. The van der Waals surface area contributed by atoms with Crippen LogP contribution in [0.1, 0.15) is 49.2 Å². The molecule has 3 heteroatoms. The van der Waals surface area contributed by atoms with E-state index in [9.17, 15) is 0 Å². The molecule has 1 fully saturated rings. The monoisotopic (exact) mass is 246 g/mol. The number of aromatic nitrogens is 1. The van der Waals surface area contributed by atoms with Crippen molar-refractivity contribution in [3.05, 3.63) is 28.8 Å². The van der Waals surface area contributed by atoms with Crippen LogP contribution in [0.4, 0.5) is 0 Å². The minimum absolute atomic E-state index is 0.515. The number of nitrogens with one attached hydrogen (secondary N) is 1. The number of para-hydroxylation sites is 1. The summed E-state index contributed by atoms with van der Waals surface area (Å²) >= 11 is 1.84. The van der Waals surface area contributed by atoms with Crippen LogP contribution in [-0.4, -0.2) is 11.5 Å². The Balaban J connectivity index is 2.11. The van der Waals surface area contributed by atoms with Crippen molar-refractivity contribution < 1.29 is 0 Å². The summed E-state index contributed by atoms with van der Waals surface area (Å²) in [6, 6.07) is 7.10. The van der Waals surface area contributed by atoms with E-state index in [1.807, 2.05) is 11.3 Å². The molecule has 1 aliphatic rings. The first-order valence-corrected chi connectivity index (χ1v) is 7.20. The van der Waals surface area contributed by atoms with Gasteiger partial charge in [-0.2, -0.15) is 0 Å². The highest BCUT2D eigenvalue weighted by atomic mass is 32.1. The molecule has 1 unspecified atom stereocenters. The number of nitrogens with zero attached hydrogens (tertiary/aromatic N) is 1. The maximum Gasteiger partial charge on any atom is 0.0964 e. The van der Waals surface area contributed by atoms with E-state index in [1.165, 1.54) is 33.6 Å². The van der Waals surface area contributed by atoms with Crippen molar-refractivity contribution in [3.8, 4) is 0 Å². The van der Waals surface area contributed by atoms with Crippen LogP contribution in [0.15, 0.2) is 18.2 Å². The molecule has 2 aromatic rings. The molecule has 90 valence electrons. The van der Waals surface area contributed by atoms with E-state index in [-0.39, 0.29) is 0 Å². The fourth-order valence-corrected chi connectivity index (χ4v) is 3.47. The van der Waals surface area contributed by atoms with Gasteiger partial charge in [0.05, 0.1) is 15.2 Å². The topological polar surface area (TPSA) is 24.9 Å². The molecule has 0 radical (unpaired) electrons. The quantitative estimate of drug-likeness (QED) is 0.870. The minimum atomic E-state index is 0.515. The van der Waals surface area contributed by atoms with Crippen molar-refractivity contribution in [1.29, 1.82) is 0 Å². The van der Waals surface area contributed by atoms with Gasteiger partial charge < -0.3 is 5.32 Å². The van der Waals surface area contributed by atoms with Gasteiger partial charge in [-0.05, 0) is 31.0 Å². The van der Waals surface area contributed by atoms with Crippen LogP contribution in [-0.2, 0) is 0 Å². The molecule has 0 saturated carbocycles. The molecule has 0 amide bonds. The van der Waals surface area contributed by atoms with Crippen LogP contribution in [0.2, 0.25) is 0 Å². The Labute approximate surface area is 106 Å². The van der Waals surface area contributed by atoms with Crippen LogP contribution < -0.4 is 5.32 Å². The number of benzene rings is 1. The molecule has 1 atom stereocenters. The lowest BCUT2D eigenvalue weighted by molar-refractivity contribution is 0.651. The molecular weight excluding hydrogens is 228 g/mol. The van der Waals surface area contributed by atoms with Gasteiger partial charge in [0.1, 0.15) is 0 Å². The lowest BCUT2D eigenvalue weighted by Crippen LogP contribution is -2.13. The molecule has 17 heavy (non-hydrogen) atoms. The van der Waals surface area contributed by atoms with Gasteiger partial charge in [0.25, 0.3) is 0 Å². The summed E-state index contributed by atoms with van der Waals surface area (Å²) in [6.45, 7) is 5.57. The molecule has 2 heterocycles. The molecule has 2 nitrogen and oxygen atoms in total. The standard InChI is InChI=1S/C14H18N2S/c1-9(2)14-16-13-10(11-6-4-8-15-11)5-3-7-12(13)17-14/h3,5,7,9,11,15H,4,6,8H2,1-2H3. The third-order valence-electron chi connectivity index (χ3n) is 3.40. The highest BCUT2D eigenvalue weighted by Crippen LogP contribution is 2.34. The Kier molecular flexibility index (Phi) is 2.89. The number of fused-ring (bicyclic) bond motifs is 1. The molecule has 1 saturated heterocycles. The Morgan fingerprint density at radius 3 is 3.00 bits per heavy atom. The molecule has 1 aliphatic heterocycles. The SMILES string of the molecule is CC(C)c1nc2c(C3CCCN3)cccc2s1. The van der Waals surface area contributed by atoms with E-state index in [0.29, 0.717) is 12.0 Å². The van der Waals surface area contributed by atoms with Crippen molar-refractivity contribution in [2.45, 2.75) is 38.6 Å². The van der Waals surface area contributed by atoms with Crippen LogP contribution in [0.5, 0.6) is 0 Å². The summed E-state index contributed by atoms with van der Waals surface area (Å²) < 4.78 is 1.33. The summed E-state index contributed by atoms with van der Waals surface area (Å²) in [5, 5.41) is 4.82. The van der Waals surface area contributed by atoms with Crippen LogP contribution in [0.25, 0.3) is 10.2 Å². The second-order valence-electron chi connectivity index (χ2n) is 5.05. The van der Waals surface area contributed by atoms with Gasteiger partial charge in [-0.15, -0.1) is 11.3 Å². The van der Waals surface area contributed by atoms with Gasteiger partial charge in [0, 0.05) is 12.0 Å². The normalized spacial score (nSPS) is 20.5. The third kappa shape index (κ3) is 1.98. The van der Waals surface area contributed by atoms with Crippen LogP contribution in [0, 0.1) is 0 Å². The predicted molar refractivity (Wildman–Crippen MR) is 73.7 cm³/mol. The van der Waals surface area contributed by atoms with Crippen molar-refractivity contribution in [1.82, 2.24) is 10.3 Å². The molecule has 0 bridgehead atoms. The summed E-state index contributed by atoms with van der Waals surface area (Å²) in [4.78, 5) is 4.84. The largest absolute Gasteiger partial charge is 0.310 e. The van der Waals surface area contributed by atoms with Crippen molar-refractivity contribution in [2.24, 2.45) is 0 Å². The second kappa shape index (κ2) is 4.39. The molecule has 1 aromatic heterocycles. The number of hydrogen-bond acceptors (Lipinski definition) is 3. The van der Waals surface area contributed by atoms with Gasteiger partial charge in [-0.25, -0.2) is 4.98 Å². The first-order valence-electron chi connectivity index (χ1n) is 6.38. The van der Waals surface area contributed by atoms with E-state index in [1.54, 1.807) is 0 Å². The van der Waals surface area contributed by atoms with E-state index >= 15 is 0 Å². The molecule has 1 aromatic carbocycles. The van der Waals surface area contributed by atoms with Crippen molar-refractivity contribution in [2.75, 3.05) is 6.54 Å². The molecule has 3 rings (SSSR count). The Morgan fingerprint density at radius 1 is 1.41 bits per heavy atom. The first-order chi connectivity index (χ1) is 8.25. The lowest BCUT2D eigenvalue weighted by atomic mass is 10.0. The summed E-state index contributed by atoms with van der Waals surface area (Å²) in [5.41, 5.74) is 2.61. The first kappa shape index (κ1) is 11.2. The van der Waals surface area contributed by atoms with Crippen LogP contribution >= 0.6 is 11.3 Å². The fourth-order valence-electron chi connectivity index (χ4n) is 2.47. The Bertz CT molecular complexity index is 524. The average Bonchev–Trinajstić information content (AvgIpc) is 2.97. The smallest absolute Gasteiger partial charge is 0.0964 e. The highest BCUT2D eigenvalue weighted by Gasteiger charge is 2.20. The summed E-state index contributed by atoms with van der Waals surface area (Å²) in [6.07, 6.45) is 2.52. The predicted octanol–water partition coefficient (Wildman–Crippen LogP) is 3.84. The maximum absolute atomic E-state index is 4.84. The summed E-state index contributed by atoms with van der Waals surface area (Å²) in [7, 11) is 0. The van der Waals surface area contributed by atoms with Crippen molar-refractivity contribution in [3.63, 3.8) is 0 Å².